The Labute approximate surface area is 85.8 Å². The van der Waals surface area contributed by atoms with Crippen LogP contribution >= 0.6 is 0 Å². The molecule has 0 saturated carbocycles. The number of piperidine rings is 2. The van der Waals surface area contributed by atoms with E-state index in [2.05, 4.69) is 5.32 Å². The number of amides is 1. The van der Waals surface area contributed by atoms with E-state index in [0.717, 1.165) is 26.1 Å². The number of carbonyl (C=O) groups excluding carboxylic acids is 1. The Morgan fingerprint density at radius 1 is 1.07 bits per heavy atom. The van der Waals surface area contributed by atoms with Crippen molar-refractivity contribution in [3.8, 4) is 0 Å². The van der Waals surface area contributed by atoms with Gasteiger partial charge in [-0.15, -0.1) is 0 Å². The minimum absolute atomic E-state index is 0.127. The fraction of sp³-hybridized carbons (Fsp3) is 0.909. The molecule has 2 fully saturated rings. The van der Waals surface area contributed by atoms with Crippen molar-refractivity contribution >= 4 is 5.91 Å². The molecule has 80 valence electrons. The van der Waals surface area contributed by atoms with Gasteiger partial charge in [0.1, 0.15) is 0 Å². The first-order valence-corrected chi connectivity index (χ1v) is 5.90. The van der Waals surface area contributed by atoms with E-state index in [9.17, 15) is 4.79 Å². The standard InChI is InChI=1S/C11H20N2O/c14-11(10-6-2-3-7-12-10)13-8-4-1-5-9-13/h10,12H,1-9H2/t10-/m0/s1. The lowest BCUT2D eigenvalue weighted by Gasteiger charge is -2.32. The summed E-state index contributed by atoms with van der Waals surface area (Å²) in [4.78, 5) is 14.1. The summed E-state index contributed by atoms with van der Waals surface area (Å²) in [6.07, 6.45) is 7.15. The van der Waals surface area contributed by atoms with Crippen molar-refractivity contribution in [1.82, 2.24) is 10.2 Å². The highest BCUT2D eigenvalue weighted by atomic mass is 16.2. The van der Waals surface area contributed by atoms with Crippen LogP contribution in [0.2, 0.25) is 0 Å². The van der Waals surface area contributed by atoms with Gasteiger partial charge in [-0.25, -0.2) is 0 Å². The molecule has 0 radical (unpaired) electrons. The maximum absolute atomic E-state index is 12.0. The van der Waals surface area contributed by atoms with Crippen molar-refractivity contribution in [3.05, 3.63) is 0 Å². The van der Waals surface area contributed by atoms with Crippen molar-refractivity contribution in [2.45, 2.75) is 44.6 Å². The summed E-state index contributed by atoms with van der Waals surface area (Å²) >= 11 is 0. The first-order valence-electron chi connectivity index (χ1n) is 5.90. The zero-order chi connectivity index (χ0) is 9.80. The van der Waals surface area contributed by atoms with Gasteiger partial charge in [0.05, 0.1) is 6.04 Å². The summed E-state index contributed by atoms with van der Waals surface area (Å²) in [7, 11) is 0. The van der Waals surface area contributed by atoms with Crippen molar-refractivity contribution in [3.63, 3.8) is 0 Å². The van der Waals surface area contributed by atoms with Crippen LogP contribution in [0.4, 0.5) is 0 Å². The van der Waals surface area contributed by atoms with Crippen LogP contribution in [0.15, 0.2) is 0 Å². The second-order valence-corrected chi connectivity index (χ2v) is 4.39. The average molecular weight is 196 g/mol. The molecule has 3 nitrogen and oxygen atoms in total. The molecule has 2 heterocycles. The Hall–Kier alpha value is -0.570. The van der Waals surface area contributed by atoms with E-state index < -0.39 is 0 Å². The average Bonchev–Trinajstić information content (AvgIpc) is 2.30. The summed E-state index contributed by atoms with van der Waals surface area (Å²) in [5, 5.41) is 3.32. The number of rotatable bonds is 1. The van der Waals surface area contributed by atoms with Crippen LogP contribution in [0.5, 0.6) is 0 Å². The normalized spacial score (nSPS) is 28.9. The monoisotopic (exact) mass is 196 g/mol. The molecular formula is C11H20N2O. The molecule has 3 heteroatoms. The van der Waals surface area contributed by atoms with Gasteiger partial charge in [-0.2, -0.15) is 0 Å². The van der Waals surface area contributed by atoms with E-state index in [4.69, 9.17) is 0 Å². The van der Waals surface area contributed by atoms with Crippen LogP contribution in [-0.2, 0) is 4.79 Å². The van der Waals surface area contributed by atoms with E-state index in [-0.39, 0.29) is 6.04 Å². The fourth-order valence-corrected chi connectivity index (χ4v) is 2.40. The zero-order valence-electron chi connectivity index (χ0n) is 8.80. The molecule has 2 aliphatic rings. The number of hydrogen-bond acceptors (Lipinski definition) is 2. The topological polar surface area (TPSA) is 32.3 Å². The molecular weight excluding hydrogens is 176 g/mol. The molecule has 14 heavy (non-hydrogen) atoms. The number of carbonyl (C=O) groups is 1. The Morgan fingerprint density at radius 3 is 2.50 bits per heavy atom. The third kappa shape index (κ3) is 2.27. The summed E-state index contributed by atoms with van der Waals surface area (Å²) in [6.45, 7) is 2.98. The highest BCUT2D eigenvalue weighted by Gasteiger charge is 2.26. The number of likely N-dealkylation sites (tertiary alicyclic amines) is 1. The molecule has 0 aliphatic carbocycles. The van der Waals surface area contributed by atoms with Crippen LogP contribution in [-0.4, -0.2) is 36.5 Å². The molecule has 1 atom stereocenters. The Kier molecular flexibility index (Phi) is 3.40. The van der Waals surface area contributed by atoms with Crippen LogP contribution in [0, 0.1) is 0 Å². The molecule has 0 aromatic rings. The Bertz CT molecular complexity index is 173. The minimum Gasteiger partial charge on any atom is -0.341 e. The van der Waals surface area contributed by atoms with Crippen molar-refractivity contribution < 1.29 is 4.79 Å². The predicted molar refractivity (Wildman–Crippen MR) is 56.1 cm³/mol. The molecule has 1 N–H and O–H groups in total. The van der Waals surface area contributed by atoms with Crippen molar-refractivity contribution in [2.24, 2.45) is 0 Å². The molecule has 0 aromatic heterocycles. The van der Waals surface area contributed by atoms with Crippen molar-refractivity contribution in [1.29, 1.82) is 0 Å². The zero-order valence-corrected chi connectivity index (χ0v) is 8.80. The van der Waals surface area contributed by atoms with Gasteiger partial charge in [-0.05, 0) is 38.6 Å². The summed E-state index contributed by atoms with van der Waals surface area (Å²) in [5.74, 6) is 0.351. The van der Waals surface area contributed by atoms with Gasteiger partial charge in [0.2, 0.25) is 5.91 Å². The second-order valence-electron chi connectivity index (χ2n) is 4.39. The fourth-order valence-electron chi connectivity index (χ4n) is 2.40. The largest absolute Gasteiger partial charge is 0.341 e. The van der Waals surface area contributed by atoms with Gasteiger partial charge < -0.3 is 10.2 Å². The van der Waals surface area contributed by atoms with E-state index in [1.807, 2.05) is 4.90 Å². The quantitative estimate of drug-likeness (QED) is 0.682. The molecule has 2 saturated heterocycles. The van der Waals surface area contributed by atoms with Crippen LogP contribution in [0.3, 0.4) is 0 Å². The molecule has 2 rings (SSSR count). The number of hydrogen-bond donors (Lipinski definition) is 1. The SMILES string of the molecule is O=C([C@@H]1CCCCN1)N1CCCCC1. The highest BCUT2D eigenvalue weighted by molar-refractivity contribution is 5.82. The third-order valence-electron chi connectivity index (χ3n) is 3.28. The molecule has 0 aromatic carbocycles. The highest BCUT2D eigenvalue weighted by Crippen LogP contribution is 2.14. The van der Waals surface area contributed by atoms with Crippen LogP contribution in [0.25, 0.3) is 0 Å². The van der Waals surface area contributed by atoms with Gasteiger partial charge >= 0.3 is 0 Å². The van der Waals surface area contributed by atoms with Gasteiger partial charge in [-0.3, -0.25) is 4.79 Å². The van der Waals surface area contributed by atoms with Gasteiger partial charge in [0, 0.05) is 13.1 Å². The molecule has 0 bridgehead atoms. The van der Waals surface area contributed by atoms with E-state index in [1.54, 1.807) is 0 Å². The smallest absolute Gasteiger partial charge is 0.239 e. The third-order valence-corrected chi connectivity index (χ3v) is 3.28. The molecule has 0 spiro atoms. The summed E-state index contributed by atoms with van der Waals surface area (Å²) < 4.78 is 0. The Morgan fingerprint density at radius 2 is 1.86 bits per heavy atom. The molecule has 0 unspecified atom stereocenters. The minimum atomic E-state index is 0.127. The number of nitrogens with zero attached hydrogens (tertiary/aromatic N) is 1. The number of nitrogens with one attached hydrogen (secondary N) is 1. The first kappa shape index (κ1) is 9.97. The van der Waals surface area contributed by atoms with E-state index in [0.29, 0.717) is 5.91 Å². The Balaban J connectivity index is 1.85. The lowest BCUT2D eigenvalue weighted by atomic mass is 10.0. The van der Waals surface area contributed by atoms with Gasteiger partial charge in [-0.1, -0.05) is 6.42 Å². The van der Waals surface area contributed by atoms with E-state index >= 15 is 0 Å². The van der Waals surface area contributed by atoms with Crippen LogP contribution < -0.4 is 5.32 Å². The summed E-state index contributed by atoms with van der Waals surface area (Å²) in [5.41, 5.74) is 0. The first-order chi connectivity index (χ1) is 6.88. The van der Waals surface area contributed by atoms with Crippen molar-refractivity contribution in [2.75, 3.05) is 19.6 Å². The van der Waals surface area contributed by atoms with Crippen LogP contribution in [0.1, 0.15) is 38.5 Å². The predicted octanol–water partition coefficient (Wildman–Crippen LogP) is 1.14. The second kappa shape index (κ2) is 4.78. The summed E-state index contributed by atoms with van der Waals surface area (Å²) in [6, 6.07) is 0.127. The van der Waals surface area contributed by atoms with E-state index in [1.165, 1.54) is 32.1 Å². The van der Waals surface area contributed by atoms with Gasteiger partial charge in [0.25, 0.3) is 0 Å². The molecule has 1 amide bonds. The van der Waals surface area contributed by atoms with Gasteiger partial charge in [0.15, 0.2) is 0 Å². The lowest BCUT2D eigenvalue weighted by molar-refractivity contribution is -0.134. The lowest BCUT2D eigenvalue weighted by Crippen LogP contribution is -2.49. The molecule has 2 aliphatic heterocycles. The maximum Gasteiger partial charge on any atom is 0.239 e. The maximum atomic E-state index is 12.0.